The number of hydrogen-bond donors (Lipinski definition) is 0. The van der Waals surface area contributed by atoms with Gasteiger partial charge < -0.3 is 0 Å². The number of rotatable bonds is 1. The summed E-state index contributed by atoms with van der Waals surface area (Å²) >= 11 is 5.83. The molecule has 14 heavy (non-hydrogen) atoms. The van der Waals surface area contributed by atoms with E-state index in [4.69, 9.17) is 11.6 Å². The van der Waals surface area contributed by atoms with Crippen LogP contribution in [-0.2, 0) is 4.79 Å². The van der Waals surface area contributed by atoms with Gasteiger partial charge in [-0.1, -0.05) is 41.5 Å². The van der Waals surface area contributed by atoms with E-state index < -0.39 is 0 Å². The van der Waals surface area contributed by atoms with E-state index in [2.05, 4.69) is 11.1 Å². The van der Waals surface area contributed by atoms with Gasteiger partial charge in [-0.2, -0.15) is 0 Å². The molecule has 0 saturated heterocycles. The van der Waals surface area contributed by atoms with E-state index in [1.54, 1.807) is 0 Å². The Hall–Kier alpha value is -1.15. The van der Waals surface area contributed by atoms with Crippen LogP contribution in [0.5, 0.6) is 0 Å². The molecule has 0 aromatic rings. The second-order valence-corrected chi connectivity index (χ2v) is 3.86. The van der Waals surface area contributed by atoms with Gasteiger partial charge in [-0.3, -0.25) is 9.79 Å². The van der Waals surface area contributed by atoms with Gasteiger partial charge in [-0.25, -0.2) is 0 Å². The molecule has 0 aromatic carbocycles. The van der Waals surface area contributed by atoms with Gasteiger partial charge in [0, 0.05) is 11.5 Å². The van der Waals surface area contributed by atoms with Gasteiger partial charge in [0.15, 0.2) is 6.29 Å². The van der Waals surface area contributed by atoms with E-state index in [9.17, 15) is 4.79 Å². The third-order valence-corrected chi connectivity index (χ3v) is 2.72. The summed E-state index contributed by atoms with van der Waals surface area (Å²) in [7, 11) is 0. The summed E-state index contributed by atoms with van der Waals surface area (Å²) in [6.07, 6.45) is 8.76. The number of aldehydes is 1. The average Bonchev–Trinajstić information content (AvgIpc) is 2.17. The third-order valence-electron chi connectivity index (χ3n) is 2.41. The first-order valence-corrected chi connectivity index (χ1v) is 4.86. The molecule has 0 unspecified atom stereocenters. The lowest BCUT2D eigenvalue weighted by Gasteiger charge is -2.23. The summed E-state index contributed by atoms with van der Waals surface area (Å²) in [4.78, 5) is 14.9. The molecule has 0 N–H and O–H groups in total. The molecule has 0 spiro atoms. The Kier molecular flexibility index (Phi) is 2.38. The zero-order chi connectivity index (χ0) is 10.1. The minimum absolute atomic E-state index is 0.0647. The number of nitrogens with zero attached hydrogens (tertiary/aromatic N) is 1. The second-order valence-electron chi connectivity index (χ2n) is 3.50. The van der Waals surface area contributed by atoms with E-state index in [1.807, 2.05) is 25.2 Å². The number of allylic oxidation sites excluding steroid dienone is 3. The molecule has 1 aliphatic carbocycles. The predicted octanol–water partition coefficient (Wildman–Crippen LogP) is 2.26. The molecular formula is C11H10ClNO. The SMILES string of the molecule is CC1=C[C@@H]2C=C(C=O)C(Cl)=N[C@@H]2C=C1. The maximum atomic E-state index is 10.7. The van der Waals surface area contributed by atoms with Crippen LogP contribution in [0, 0.1) is 5.92 Å². The Morgan fingerprint density at radius 1 is 1.50 bits per heavy atom. The zero-order valence-corrected chi connectivity index (χ0v) is 8.53. The first-order chi connectivity index (χ1) is 6.70. The summed E-state index contributed by atoms with van der Waals surface area (Å²) < 4.78 is 0. The number of dihydropyridines is 1. The van der Waals surface area contributed by atoms with Crippen LogP contribution in [0.4, 0.5) is 0 Å². The highest BCUT2D eigenvalue weighted by atomic mass is 35.5. The van der Waals surface area contributed by atoms with Gasteiger partial charge in [0.05, 0.1) is 6.04 Å². The van der Waals surface area contributed by atoms with Crippen LogP contribution in [0.3, 0.4) is 0 Å². The molecule has 2 nitrogen and oxygen atoms in total. The second kappa shape index (κ2) is 3.54. The van der Waals surface area contributed by atoms with E-state index >= 15 is 0 Å². The lowest BCUT2D eigenvalue weighted by atomic mass is 9.89. The quantitative estimate of drug-likeness (QED) is 0.607. The van der Waals surface area contributed by atoms with Crippen LogP contribution in [0.1, 0.15) is 6.92 Å². The monoisotopic (exact) mass is 207 g/mol. The minimum Gasteiger partial charge on any atom is -0.298 e. The highest BCUT2D eigenvalue weighted by molar-refractivity contribution is 6.71. The van der Waals surface area contributed by atoms with Gasteiger partial charge in [0.2, 0.25) is 0 Å². The van der Waals surface area contributed by atoms with E-state index in [-0.39, 0.29) is 12.0 Å². The van der Waals surface area contributed by atoms with Gasteiger partial charge in [0.25, 0.3) is 0 Å². The van der Waals surface area contributed by atoms with E-state index in [0.29, 0.717) is 10.7 Å². The van der Waals surface area contributed by atoms with Crippen LogP contribution in [0.2, 0.25) is 0 Å². The lowest BCUT2D eigenvalue weighted by molar-refractivity contribution is -0.104. The van der Waals surface area contributed by atoms with Crippen LogP contribution >= 0.6 is 11.6 Å². The fraction of sp³-hybridized carbons (Fsp3) is 0.273. The van der Waals surface area contributed by atoms with Crippen molar-refractivity contribution in [2.75, 3.05) is 0 Å². The Bertz CT molecular complexity index is 390. The maximum Gasteiger partial charge on any atom is 0.152 e. The van der Waals surface area contributed by atoms with Crippen molar-refractivity contribution in [2.45, 2.75) is 13.0 Å². The molecule has 1 heterocycles. The maximum absolute atomic E-state index is 10.7. The number of carbonyl (C=O) groups is 1. The lowest BCUT2D eigenvalue weighted by Crippen LogP contribution is -2.22. The van der Waals surface area contributed by atoms with Gasteiger partial charge in [0.1, 0.15) is 5.17 Å². The Morgan fingerprint density at radius 2 is 2.29 bits per heavy atom. The zero-order valence-electron chi connectivity index (χ0n) is 7.77. The number of hydrogen-bond acceptors (Lipinski definition) is 2. The normalized spacial score (nSPS) is 30.0. The van der Waals surface area contributed by atoms with Crippen molar-refractivity contribution in [3.05, 3.63) is 35.5 Å². The summed E-state index contributed by atoms with van der Waals surface area (Å²) in [5.41, 5.74) is 1.69. The molecule has 0 saturated carbocycles. The predicted molar refractivity (Wildman–Crippen MR) is 57.6 cm³/mol. The topological polar surface area (TPSA) is 29.4 Å². The van der Waals surface area contributed by atoms with Crippen molar-refractivity contribution >= 4 is 23.1 Å². The Balaban J connectivity index is 2.36. The molecule has 0 bridgehead atoms. The van der Waals surface area contributed by atoms with Crippen LogP contribution in [-0.4, -0.2) is 17.5 Å². The Morgan fingerprint density at radius 3 is 3.00 bits per heavy atom. The van der Waals surface area contributed by atoms with Gasteiger partial charge in [-0.15, -0.1) is 0 Å². The standard InChI is InChI=1S/C11H10ClNO/c1-7-2-3-10-8(4-7)5-9(6-14)11(12)13-10/h2-6,8,10H,1H3/t8-,10-/m1/s1. The molecule has 1 aliphatic heterocycles. The summed E-state index contributed by atoms with van der Waals surface area (Å²) in [5, 5.41) is 0.318. The smallest absolute Gasteiger partial charge is 0.152 e. The number of carbonyl (C=O) groups excluding carboxylic acids is 1. The first-order valence-electron chi connectivity index (χ1n) is 4.48. The largest absolute Gasteiger partial charge is 0.298 e. The number of fused-ring (bicyclic) bond motifs is 1. The molecule has 0 radical (unpaired) electrons. The van der Waals surface area contributed by atoms with Crippen molar-refractivity contribution in [1.82, 2.24) is 0 Å². The molecule has 72 valence electrons. The van der Waals surface area contributed by atoms with Crippen molar-refractivity contribution in [3.63, 3.8) is 0 Å². The van der Waals surface area contributed by atoms with Crippen LogP contribution < -0.4 is 0 Å². The fourth-order valence-electron chi connectivity index (χ4n) is 1.68. The highest BCUT2D eigenvalue weighted by Gasteiger charge is 2.23. The van der Waals surface area contributed by atoms with Crippen molar-refractivity contribution in [1.29, 1.82) is 0 Å². The van der Waals surface area contributed by atoms with E-state index in [1.165, 1.54) is 5.57 Å². The Labute approximate surface area is 87.7 Å². The summed E-state index contributed by atoms with van der Waals surface area (Å²) in [6, 6.07) is 0.0647. The van der Waals surface area contributed by atoms with Crippen molar-refractivity contribution < 1.29 is 4.79 Å². The van der Waals surface area contributed by atoms with E-state index in [0.717, 1.165) is 6.29 Å². The van der Waals surface area contributed by atoms with Crippen molar-refractivity contribution in [3.8, 4) is 0 Å². The molecule has 2 atom stereocenters. The van der Waals surface area contributed by atoms with Gasteiger partial charge in [-0.05, 0) is 6.92 Å². The summed E-state index contributed by atoms with van der Waals surface area (Å²) in [6.45, 7) is 2.03. The fourth-order valence-corrected chi connectivity index (χ4v) is 1.90. The third kappa shape index (κ3) is 1.58. The summed E-state index contributed by atoms with van der Waals surface area (Å²) in [5.74, 6) is 0.183. The van der Waals surface area contributed by atoms with Crippen molar-refractivity contribution in [2.24, 2.45) is 10.9 Å². The van der Waals surface area contributed by atoms with Crippen LogP contribution in [0.25, 0.3) is 0 Å². The molecule has 3 heteroatoms. The number of halogens is 1. The molecular weight excluding hydrogens is 198 g/mol. The minimum atomic E-state index is 0.0647. The molecule has 2 rings (SSSR count). The average molecular weight is 208 g/mol. The molecule has 0 fully saturated rings. The highest BCUT2D eigenvalue weighted by Crippen LogP contribution is 2.27. The number of aliphatic imine (C=N–C) groups is 1. The molecule has 2 aliphatic rings. The van der Waals surface area contributed by atoms with Gasteiger partial charge >= 0.3 is 0 Å². The first kappa shape index (κ1) is 9.41. The molecule has 0 amide bonds. The molecule has 0 aromatic heterocycles. The van der Waals surface area contributed by atoms with Crippen LogP contribution in [0.15, 0.2) is 40.4 Å².